The Hall–Kier alpha value is -0.890. The molecule has 1 aromatic rings. The third-order valence-electron chi connectivity index (χ3n) is 4.58. The summed E-state index contributed by atoms with van der Waals surface area (Å²) in [6.45, 7) is 6.41. The topological polar surface area (TPSA) is 12.0 Å². The van der Waals surface area contributed by atoms with E-state index in [-0.39, 0.29) is 5.82 Å². The van der Waals surface area contributed by atoms with E-state index < -0.39 is 0 Å². The summed E-state index contributed by atoms with van der Waals surface area (Å²) in [5.41, 5.74) is 3.74. The minimum atomic E-state index is -0.125. The fourth-order valence-electron chi connectivity index (χ4n) is 3.69. The number of benzene rings is 1. The normalized spacial score (nSPS) is 20.1. The number of halogens is 1. The molecule has 18 heavy (non-hydrogen) atoms. The van der Waals surface area contributed by atoms with Gasteiger partial charge in [-0.3, -0.25) is 0 Å². The Morgan fingerprint density at radius 3 is 2.11 bits per heavy atom. The highest BCUT2D eigenvalue weighted by Crippen LogP contribution is 2.48. The second-order valence-corrected chi connectivity index (χ2v) is 6.04. The molecule has 1 nitrogen and oxygen atoms in total. The molecule has 1 unspecified atom stereocenters. The average Bonchev–Trinajstić information content (AvgIpc) is 2.71. The maximum Gasteiger partial charge on any atom is 0.123 e. The van der Waals surface area contributed by atoms with Gasteiger partial charge in [0.15, 0.2) is 0 Å². The lowest BCUT2D eigenvalue weighted by Crippen LogP contribution is -2.33. The highest BCUT2D eigenvalue weighted by atomic mass is 19.1. The van der Waals surface area contributed by atoms with Crippen LogP contribution in [0.5, 0.6) is 0 Å². The number of nitrogens with one attached hydrogen (secondary N) is 1. The van der Waals surface area contributed by atoms with E-state index >= 15 is 0 Å². The Balaban J connectivity index is 2.45. The summed E-state index contributed by atoms with van der Waals surface area (Å²) in [4.78, 5) is 0. The molecule has 2 heteroatoms. The van der Waals surface area contributed by atoms with E-state index in [0.29, 0.717) is 11.5 Å². The van der Waals surface area contributed by atoms with Gasteiger partial charge in [0, 0.05) is 6.04 Å². The maximum absolute atomic E-state index is 13.4. The van der Waals surface area contributed by atoms with E-state index in [1.807, 2.05) is 20.9 Å². The number of rotatable bonds is 3. The molecule has 0 saturated heterocycles. The first-order valence-electron chi connectivity index (χ1n) is 6.92. The minimum absolute atomic E-state index is 0.125. The quantitative estimate of drug-likeness (QED) is 0.843. The largest absolute Gasteiger partial charge is 0.313 e. The predicted molar refractivity (Wildman–Crippen MR) is 74.2 cm³/mol. The molecule has 0 aliphatic heterocycles. The van der Waals surface area contributed by atoms with Gasteiger partial charge in [0.25, 0.3) is 0 Å². The van der Waals surface area contributed by atoms with Crippen molar-refractivity contribution in [2.75, 3.05) is 7.05 Å². The molecule has 1 saturated carbocycles. The van der Waals surface area contributed by atoms with Gasteiger partial charge in [-0.2, -0.15) is 0 Å². The summed E-state index contributed by atoms with van der Waals surface area (Å²) >= 11 is 0. The van der Waals surface area contributed by atoms with Crippen molar-refractivity contribution in [3.63, 3.8) is 0 Å². The molecular weight excluding hydrogens is 225 g/mol. The van der Waals surface area contributed by atoms with Crippen molar-refractivity contribution in [2.45, 2.75) is 52.5 Å². The van der Waals surface area contributed by atoms with Crippen LogP contribution in [0.2, 0.25) is 0 Å². The lowest BCUT2D eigenvalue weighted by molar-refractivity contribution is 0.232. The van der Waals surface area contributed by atoms with Gasteiger partial charge in [-0.15, -0.1) is 0 Å². The van der Waals surface area contributed by atoms with Crippen LogP contribution in [0.4, 0.5) is 4.39 Å². The molecule has 0 heterocycles. The van der Waals surface area contributed by atoms with Crippen molar-refractivity contribution in [2.24, 2.45) is 5.41 Å². The molecule has 0 spiro atoms. The summed E-state index contributed by atoms with van der Waals surface area (Å²) < 4.78 is 13.4. The lowest BCUT2D eigenvalue weighted by Gasteiger charge is -2.36. The van der Waals surface area contributed by atoms with Crippen LogP contribution in [-0.2, 0) is 0 Å². The van der Waals surface area contributed by atoms with Crippen molar-refractivity contribution in [1.82, 2.24) is 5.32 Å². The zero-order chi connectivity index (χ0) is 13.3. The summed E-state index contributed by atoms with van der Waals surface area (Å²) in [6, 6.07) is 3.65. The van der Waals surface area contributed by atoms with Crippen LogP contribution in [0.3, 0.4) is 0 Å². The first-order valence-corrected chi connectivity index (χ1v) is 6.92. The fraction of sp³-hybridized carbons (Fsp3) is 0.625. The molecule has 1 atom stereocenters. The first-order chi connectivity index (χ1) is 8.48. The van der Waals surface area contributed by atoms with E-state index in [1.165, 1.54) is 31.2 Å². The van der Waals surface area contributed by atoms with Crippen molar-refractivity contribution in [3.8, 4) is 0 Å². The first kappa shape index (κ1) is 13.5. The highest BCUT2D eigenvalue weighted by molar-refractivity contribution is 5.38. The van der Waals surface area contributed by atoms with Crippen LogP contribution >= 0.6 is 0 Å². The summed E-state index contributed by atoms with van der Waals surface area (Å²) in [6.07, 6.45) is 5.14. The van der Waals surface area contributed by atoms with Gasteiger partial charge >= 0.3 is 0 Å². The molecule has 0 amide bonds. The predicted octanol–water partition coefficient (Wildman–Crippen LogP) is 4.28. The average molecular weight is 249 g/mol. The molecule has 1 aliphatic carbocycles. The molecule has 0 radical (unpaired) electrons. The zero-order valence-electron chi connectivity index (χ0n) is 11.9. The Morgan fingerprint density at radius 1 is 1.17 bits per heavy atom. The second kappa shape index (κ2) is 5.00. The molecule has 1 fully saturated rings. The maximum atomic E-state index is 13.4. The minimum Gasteiger partial charge on any atom is -0.313 e. The van der Waals surface area contributed by atoms with E-state index in [4.69, 9.17) is 0 Å². The SMILES string of the molecule is CNC(c1c(C)cc(F)cc1C)C1(C)CCCC1. The summed E-state index contributed by atoms with van der Waals surface area (Å²) in [5.74, 6) is -0.125. The highest BCUT2D eigenvalue weighted by Gasteiger charge is 2.38. The van der Waals surface area contributed by atoms with Crippen molar-refractivity contribution < 1.29 is 4.39 Å². The third kappa shape index (κ3) is 2.31. The molecule has 1 N–H and O–H groups in total. The van der Waals surface area contributed by atoms with E-state index in [1.54, 1.807) is 12.1 Å². The van der Waals surface area contributed by atoms with E-state index in [2.05, 4.69) is 12.2 Å². The molecular formula is C16H24FN. The van der Waals surface area contributed by atoms with E-state index in [0.717, 1.165) is 11.1 Å². The van der Waals surface area contributed by atoms with Crippen molar-refractivity contribution in [3.05, 3.63) is 34.6 Å². The van der Waals surface area contributed by atoms with Gasteiger partial charge in [0.1, 0.15) is 5.82 Å². The third-order valence-corrected chi connectivity index (χ3v) is 4.58. The standard InChI is InChI=1S/C16H24FN/c1-11-9-13(17)10-12(2)14(11)15(18-4)16(3)7-5-6-8-16/h9-10,15,18H,5-8H2,1-4H3. The summed E-state index contributed by atoms with van der Waals surface area (Å²) in [7, 11) is 2.02. The molecule has 1 aliphatic rings. The Kier molecular flexibility index (Phi) is 3.76. The van der Waals surface area contributed by atoms with Gasteiger partial charge < -0.3 is 5.32 Å². The van der Waals surface area contributed by atoms with Crippen LogP contribution in [0.15, 0.2) is 12.1 Å². The van der Waals surface area contributed by atoms with Gasteiger partial charge in [0.05, 0.1) is 0 Å². The molecule has 100 valence electrons. The Morgan fingerprint density at radius 2 is 1.67 bits per heavy atom. The van der Waals surface area contributed by atoms with Gasteiger partial charge in [-0.1, -0.05) is 19.8 Å². The number of aryl methyl sites for hydroxylation is 2. The Bertz CT molecular complexity index is 410. The molecule has 2 rings (SSSR count). The lowest BCUT2D eigenvalue weighted by atomic mass is 9.75. The molecule has 1 aromatic carbocycles. The second-order valence-electron chi connectivity index (χ2n) is 6.04. The van der Waals surface area contributed by atoms with Crippen LogP contribution in [0, 0.1) is 25.1 Å². The van der Waals surface area contributed by atoms with Crippen LogP contribution in [0.1, 0.15) is 55.3 Å². The molecule has 0 aromatic heterocycles. The fourth-order valence-corrected chi connectivity index (χ4v) is 3.69. The van der Waals surface area contributed by atoms with Crippen LogP contribution in [-0.4, -0.2) is 7.05 Å². The summed E-state index contributed by atoms with van der Waals surface area (Å²) in [5, 5.41) is 3.48. The van der Waals surface area contributed by atoms with Crippen LogP contribution in [0.25, 0.3) is 0 Å². The van der Waals surface area contributed by atoms with Gasteiger partial charge in [-0.05, 0) is 68.0 Å². The van der Waals surface area contributed by atoms with Crippen LogP contribution < -0.4 is 5.32 Å². The zero-order valence-corrected chi connectivity index (χ0v) is 11.9. The molecule has 0 bridgehead atoms. The number of hydrogen-bond donors (Lipinski definition) is 1. The van der Waals surface area contributed by atoms with Gasteiger partial charge in [0.2, 0.25) is 0 Å². The number of hydrogen-bond acceptors (Lipinski definition) is 1. The smallest absolute Gasteiger partial charge is 0.123 e. The monoisotopic (exact) mass is 249 g/mol. The Labute approximate surface area is 110 Å². The van der Waals surface area contributed by atoms with Gasteiger partial charge in [-0.25, -0.2) is 4.39 Å². The van der Waals surface area contributed by atoms with Crippen molar-refractivity contribution >= 4 is 0 Å². The van der Waals surface area contributed by atoms with Crippen molar-refractivity contribution in [1.29, 1.82) is 0 Å². The van der Waals surface area contributed by atoms with E-state index in [9.17, 15) is 4.39 Å².